The Labute approximate surface area is 179 Å². The third-order valence-electron chi connectivity index (χ3n) is 4.28. The molecule has 2 aromatic carbocycles. The Morgan fingerprint density at radius 2 is 1.45 bits per heavy atom. The van der Waals surface area contributed by atoms with Gasteiger partial charge in [-0.1, -0.05) is 60.7 Å². The molecule has 164 valence electrons. The normalized spacial score (nSPS) is 12.2. The van der Waals surface area contributed by atoms with Gasteiger partial charge in [0.15, 0.2) is 0 Å². The number of carbonyl (C=O) groups excluding carboxylic acids is 3. The summed E-state index contributed by atoms with van der Waals surface area (Å²) in [5, 5.41) is 13.8. The fourth-order valence-electron chi connectivity index (χ4n) is 2.75. The fourth-order valence-corrected chi connectivity index (χ4v) is 2.75. The fraction of sp³-hybridized carbons (Fsp3) is 0.273. The number of nitrogens with one attached hydrogen (secondary N) is 2. The van der Waals surface area contributed by atoms with Crippen LogP contribution in [-0.4, -0.2) is 48.2 Å². The first-order valence-corrected chi connectivity index (χ1v) is 9.50. The van der Waals surface area contributed by atoms with E-state index in [9.17, 15) is 19.2 Å². The highest BCUT2D eigenvalue weighted by Crippen LogP contribution is 2.06. The van der Waals surface area contributed by atoms with Crippen LogP contribution in [0.15, 0.2) is 60.7 Å². The number of alkyl carbamates (subject to hydrolysis) is 1. The molecule has 0 saturated carbocycles. The molecule has 2 amide bonds. The summed E-state index contributed by atoms with van der Waals surface area (Å²) in [6.07, 6.45) is -1.51. The number of carboxylic acids is 1. The quantitative estimate of drug-likeness (QED) is 0.491. The third kappa shape index (κ3) is 8.17. The highest BCUT2D eigenvalue weighted by molar-refractivity contribution is 5.92. The van der Waals surface area contributed by atoms with Crippen molar-refractivity contribution in [1.82, 2.24) is 10.6 Å². The van der Waals surface area contributed by atoms with Gasteiger partial charge in [-0.15, -0.1) is 0 Å². The summed E-state index contributed by atoms with van der Waals surface area (Å²) < 4.78 is 9.78. The minimum atomic E-state index is -1.44. The van der Waals surface area contributed by atoms with Gasteiger partial charge in [-0.3, -0.25) is 9.59 Å². The molecular weight excluding hydrogens is 404 g/mol. The lowest BCUT2D eigenvalue weighted by Gasteiger charge is -2.21. The molecule has 9 heteroatoms. The summed E-state index contributed by atoms with van der Waals surface area (Å²) in [5.41, 5.74) is 1.49. The number of rotatable bonds is 10. The molecule has 9 nitrogen and oxygen atoms in total. The molecule has 0 saturated heterocycles. The summed E-state index contributed by atoms with van der Waals surface area (Å²) in [6, 6.07) is 15.3. The number of benzene rings is 2. The van der Waals surface area contributed by atoms with Gasteiger partial charge in [0, 0.05) is 6.42 Å². The lowest BCUT2D eigenvalue weighted by Crippen LogP contribution is -2.53. The maximum Gasteiger partial charge on any atom is 0.408 e. The van der Waals surface area contributed by atoms with E-state index < -0.39 is 42.4 Å². The lowest BCUT2D eigenvalue weighted by atomic mass is 10.1. The molecule has 0 aliphatic rings. The molecule has 0 unspecified atom stereocenters. The van der Waals surface area contributed by atoms with Gasteiger partial charge in [0.1, 0.15) is 18.7 Å². The van der Waals surface area contributed by atoms with E-state index >= 15 is 0 Å². The predicted octanol–water partition coefficient (Wildman–Crippen LogP) is 1.66. The number of hydrogen-bond donors (Lipinski definition) is 3. The Kier molecular flexibility index (Phi) is 9.03. The van der Waals surface area contributed by atoms with Crippen molar-refractivity contribution in [1.29, 1.82) is 0 Å². The zero-order valence-corrected chi connectivity index (χ0v) is 16.9. The van der Waals surface area contributed by atoms with Crippen molar-refractivity contribution in [3.8, 4) is 0 Å². The van der Waals surface area contributed by atoms with E-state index in [-0.39, 0.29) is 13.0 Å². The topological polar surface area (TPSA) is 131 Å². The molecule has 0 fully saturated rings. The highest BCUT2D eigenvalue weighted by Gasteiger charge is 2.29. The van der Waals surface area contributed by atoms with Crippen molar-refractivity contribution >= 4 is 23.9 Å². The summed E-state index contributed by atoms with van der Waals surface area (Å²) in [7, 11) is 1.18. The van der Waals surface area contributed by atoms with Gasteiger partial charge in [-0.2, -0.15) is 0 Å². The van der Waals surface area contributed by atoms with Gasteiger partial charge >= 0.3 is 18.0 Å². The van der Waals surface area contributed by atoms with Crippen molar-refractivity contribution in [2.75, 3.05) is 7.11 Å². The van der Waals surface area contributed by atoms with Crippen LogP contribution in [0.5, 0.6) is 0 Å². The van der Waals surface area contributed by atoms with Crippen LogP contribution in [0.4, 0.5) is 4.79 Å². The van der Waals surface area contributed by atoms with E-state index in [1.165, 1.54) is 7.11 Å². The number of aliphatic carboxylic acids is 1. The first-order valence-electron chi connectivity index (χ1n) is 9.50. The molecule has 2 atom stereocenters. The van der Waals surface area contributed by atoms with Crippen LogP contribution in [0.25, 0.3) is 0 Å². The van der Waals surface area contributed by atoms with Crippen molar-refractivity contribution in [2.24, 2.45) is 0 Å². The van der Waals surface area contributed by atoms with Crippen LogP contribution in [0.3, 0.4) is 0 Å². The molecule has 2 aromatic rings. The van der Waals surface area contributed by atoms with Crippen LogP contribution < -0.4 is 10.6 Å². The van der Waals surface area contributed by atoms with Crippen LogP contribution in [-0.2, 0) is 36.9 Å². The largest absolute Gasteiger partial charge is 0.481 e. The van der Waals surface area contributed by atoms with E-state index in [0.717, 1.165) is 11.1 Å². The van der Waals surface area contributed by atoms with Gasteiger partial charge in [0.2, 0.25) is 5.91 Å². The SMILES string of the molecule is COC(=O)[C@H](Cc1ccccc1)NC(=O)[C@H](CC(=O)O)NC(=O)OCc1ccccc1. The zero-order valence-electron chi connectivity index (χ0n) is 16.9. The number of carboxylic acid groups (broad SMARTS) is 1. The van der Waals surface area contributed by atoms with Gasteiger partial charge < -0.3 is 25.2 Å². The van der Waals surface area contributed by atoms with E-state index in [2.05, 4.69) is 10.6 Å². The van der Waals surface area contributed by atoms with E-state index in [1.807, 2.05) is 12.1 Å². The molecule has 31 heavy (non-hydrogen) atoms. The van der Waals surface area contributed by atoms with E-state index in [4.69, 9.17) is 14.6 Å². The van der Waals surface area contributed by atoms with Crippen LogP contribution in [0.2, 0.25) is 0 Å². The zero-order chi connectivity index (χ0) is 22.6. The first-order chi connectivity index (χ1) is 14.9. The monoisotopic (exact) mass is 428 g/mol. The molecule has 0 aliphatic carbocycles. The highest BCUT2D eigenvalue weighted by atomic mass is 16.5. The Bertz CT molecular complexity index is 887. The van der Waals surface area contributed by atoms with Gasteiger partial charge in [0.05, 0.1) is 13.5 Å². The number of carbonyl (C=O) groups is 4. The second-order valence-electron chi connectivity index (χ2n) is 6.63. The van der Waals surface area contributed by atoms with Crippen LogP contribution in [0.1, 0.15) is 17.5 Å². The summed E-state index contributed by atoms with van der Waals surface area (Å²) in [5.74, 6) is -2.84. The average molecular weight is 428 g/mol. The number of amides is 2. The molecule has 0 aromatic heterocycles. The maximum atomic E-state index is 12.7. The van der Waals surface area contributed by atoms with Gasteiger partial charge in [0.25, 0.3) is 0 Å². The second-order valence-corrected chi connectivity index (χ2v) is 6.63. The average Bonchev–Trinajstić information content (AvgIpc) is 2.77. The summed E-state index contributed by atoms with van der Waals surface area (Å²) >= 11 is 0. The van der Waals surface area contributed by atoms with E-state index in [1.54, 1.807) is 48.5 Å². The third-order valence-corrected chi connectivity index (χ3v) is 4.28. The predicted molar refractivity (Wildman–Crippen MR) is 110 cm³/mol. The molecular formula is C22H24N2O7. The number of ether oxygens (including phenoxy) is 2. The van der Waals surface area contributed by atoms with Gasteiger partial charge in [-0.25, -0.2) is 9.59 Å². The minimum Gasteiger partial charge on any atom is -0.481 e. The van der Waals surface area contributed by atoms with Crippen molar-refractivity contribution in [3.05, 3.63) is 71.8 Å². The standard InChI is InChI=1S/C22H24N2O7/c1-30-21(28)18(12-15-8-4-2-5-9-15)23-20(27)17(13-19(25)26)24-22(29)31-14-16-10-6-3-7-11-16/h2-11,17-18H,12-14H2,1H3,(H,23,27)(H,24,29)(H,25,26)/t17-,18-/m0/s1. The maximum absolute atomic E-state index is 12.7. The van der Waals surface area contributed by atoms with Gasteiger partial charge in [-0.05, 0) is 11.1 Å². The molecule has 0 heterocycles. The molecule has 3 N–H and O–H groups in total. The second kappa shape index (κ2) is 12.0. The molecule has 0 bridgehead atoms. The Morgan fingerprint density at radius 1 is 0.871 bits per heavy atom. The summed E-state index contributed by atoms with van der Waals surface area (Å²) in [4.78, 5) is 48.0. The van der Waals surface area contributed by atoms with Crippen molar-refractivity contribution in [2.45, 2.75) is 31.5 Å². The Morgan fingerprint density at radius 3 is 2.00 bits per heavy atom. The smallest absolute Gasteiger partial charge is 0.408 e. The lowest BCUT2D eigenvalue weighted by molar-refractivity contribution is -0.145. The minimum absolute atomic E-state index is 0.0487. The van der Waals surface area contributed by atoms with Crippen LogP contribution in [0, 0.1) is 0 Å². The number of hydrogen-bond acceptors (Lipinski definition) is 6. The molecule has 2 rings (SSSR count). The van der Waals surface area contributed by atoms with Crippen molar-refractivity contribution < 1.29 is 33.8 Å². The molecule has 0 spiro atoms. The number of methoxy groups -OCH3 is 1. The Balaban J connectivity index is 2.02. The number of esters is 1. The Hall–Kier alpha value is -3.88. The van der Waals surface area contributed by atoms with E-state index in [0.29, 0.717) is 0 Å². The molecule has 0 aliphatic heterocycles. The van der Waals surface area contributed by atoms with Crippen molar-refractivity contribution in [3.63, 3.8) is 0 Å². The molecule has 0 radical (unpaired) electrons. The first kappa shape index (κ1) is 23.4. The summed E-state index contributed by atoms with van der Waals surface area (Å²) in [6.45, 7) is -0.0487. The van der Waals surface area contributed by atoms with Crippen LogP contribution >= 0.6 is 0 Å².